The monoisotopic (exact) mass is 248 g/mol. The molecule has 0 bridgehead atoms. The molecule has 0 aromatic carbocycles. The number of hydrogen-bond acceptors (Lipinski definition) is 3. The molecule has 1 aliphatic rings. The van der Waals surface area contributed by atoms with Gasteiger partial charge in [-0.3, -0.25) is 4.79 Å². The van der Waals surface area contributed by atoms with Crippen molar-refractivity contribution in [1.29, 1.82) is 0 Å². The van der Waals surface area contributed by atoms with Crippen molar-refractivity contribution in [2.75, 3.05) is 0 Å². The summed E-state index contributed by atoms with van der Waals surface area (Å²) in [6.45, 7) is 7.24. The Bertz CT molecular complexity index is 421. The van der Waals surface area contributed by atoms with E-state index in [1.165, 1.54) is 0 Å². The Balaban J connectivity index is 2.60. The maximum absolute atomic E-state index is 11.3. The molecule has 1 fully saturated rings. The molecular formula is C15H20O3. The average Bonchev–Trinajstić information content (AvgIpc) is 2.53. The maximum Gasteiger partial charge on any atom is 0.161 e. The summed E-state index contributed by atoms with van der Waals surface area (Å²) in [4.78, 5) is 11.3. The molecular weight excluding hydrogens is 228 g/mol. The van der Waals surface area contributed by atoms with E-state index in [0.29, 0.717) is 18.4 Å². The molecule has 0 saturated heterocycles. The van der Waals surface area contributed by atoms with Crippen molar-refractivity contribution in [2.24, 2.45) is 5.92 Å². The molecule has 3 heteroatoms. The number of rotatable bonds is 3. The highest BCUT2D eigenvalue weighted by Crippen LogP contribution is 2.28. The first kappa shape index (κ1) is 14.7. The van der Waals surface area contributed by atoms with Crippen LogP contribution in [0.15, 0.2) is 24.3 Å². The van der Waals surface area contributed by atoms with Gasteiger partial charge in [0.1, 0.15) is 5.60 Å². The highest BCUT2D eigenvalue weighted by molar-refractivity contribution is 5.98. The topological polar surface area (TPSA) is 57.5 Å². The highest BCUT2D eigenvalue weighted by Gasteiger charge is 2.33. The van der Waals surface area contributed by atoms with Gasteiger partial charge in [-0.25, -0.2) is 0 Å². The van der Waals surface area contributed by atoms with Crippen LogP contribution in [0.2, 0.25) is 0 Å². The van der Waals surface area contributed by atoms with E-state index in [1.807, 2.05) is 6.92 Å². The predicted octanol–water partition coefficient (Wildman–Crippen LogP) is 1.60. The number of aliphatic hydroxyl groups is 2. The lowest BCUT2D eigenvalue weighted by molar-refractivity contribution is -0.115. The Morgan fingerprint density at radius 3 is 2.78 bits per heavy atom. The fourth-order valence-electron chi connectivity index (χ4n) is 1.88. The number of carbonyl (C=O) groups is 1. The molecule has 1 unspecified atom stereocenters. The van der Waals surface area contributed by atoms with Gasteiger partial charge < -0.3 is 10.2 Å². The Morgan fingerprint density at radius 1 is 1.61 bits per heavy atom. The fourth-order valence-corrected chi connectivity index (χ4v) is 1.88. The molecule has 0 aromatic heterocycles. The Morgan fingerprint density at radius 2 is 2.28 bits per heavy atom. The highest BCUT2D eigenvalue weighted by atomic mass is 16.3. The minimum atomic E-state index is -1.07. The molecule has 1 rings (SSSR count). The first-order valence-electron chi connectivity index (χ1n) is 6.16. The van der Waals surface area contributed by atoms with Crippen LogP contribution in [0.3, 0.4) is 0 Å². The van der Waals surface area contributed by atoms with Gasteiger partial charge in [0.25, 0.3) is 0 Å². The molecule has 0 heterocycles. The van der Waals surface area contributed by atoms with E-state index in [-0.39, 0.29) is 18.1 Å². The van der Waals surface area contributed by atoms with Gasteiger partial charge in [0, 0.05) is 25.2 Å². The molecule has 1 saturated carbocycles. The SMILES string of the molecule is C=C1C(=O)C[C@@H](O)[C@@H]1/C=C/CC(C)(O)C#CCC. The van der Waals surface area contributed by atoms with Gasteiger partial charge in [0.15, 0.2) is 5.78 Å². The second kappa shape index (κ2) is 5.99. The third kappa shape index (κ3) is 3.83. The number of aliphatic hydroxyl groups excluding tert-OH is 1. The zero-order chi connectivity index (χ0) is 13.8. The zero-order valence-corrected chi connectivity index (χ0v) is 10.9. The van der Waals surface area contributed by atoms with Crippen molar-refractivity contribution < 1.29 is 15.0 Å². The number of carbonyl (C=O) groups excluding carboxylic acids is 1. The largest absolute Gasteiger partial charge is 0.392 e. The normalized spacial score (nSPS) is 27.1. The lowest BCUT2D eigenvalue weighted by Gasteiger charge is -2.14. The van der Waals surface area contributed by atoms with Crippen LogP contribution in [0.5, 0.6) is 0 Å². The molecule has 1 aliphatic carbocycles. The van der Waals surface area contributed by atoms with Crippen LogP contribution in [0.25, 0.3) is 0 Å². The second-order valence-corrected chi connectivity index (χ2v) is 4.81. The van der Waals surface area contributed by atoms with Crippen molar-refractivity contribution in [3.63, 3.8) is 0 Å². The third-order valence-corrected chi connectivity index (χ3v) is 2.96. The van der Waals surface area contributed by atoms with Gasteiger partial charge >= 0.3 is 0 Å². The van der Waals surface area contributed by atoms with E-state index in [0.717, 1.165) is 0 Å². The van der Waals surface area contributed by atoms with Crippen LogP contribution in [0.4, 0.5) is 0 Å². The summed E-state index contributed by atoms with van der Waals surface area (Å²) in [5.41, 5.74) is -0.625. The standard InChI is InChI=1S/C15H20O3/c1-4-5-8-15(3,18)9-6-7-12-11(2)13(16)10-14(12)17/h6-7,12,14,17-18H,2,4,9-10H2,1,3H3/b7-6+/t12-,14-,15?/m1/s1. The van der Waals surface area contributed by atoms with E-state index >= 15 is 0 Å². The van der Waals surface area contributed by atoms with Crippen molar-refractivity contribution in [3.8, 4) is 11.8 Å². The quantitative estimate of drug-likeness (QED) is 0.453. The van der Waals surface area contributed by atoms with Gasteiger partial charge in [-0.1, -0.05) is 31.6 Å². The van der Waals surface area contributed by atoms with Crippen LogP contribution in [0, 0.1) is 17.8 Å². The van der Waals surface area contributed by atoms with Crippen LogP contribution in [-0.2, 0) is 4.79 Å². The second-order valence-electron chi connectivity index (χ2n) is 4.81. The molecule has 0 spiro atoms. The van der Waals surface area contributed by atoms with Crippen LogP contribution < -0.4 is 0 Å². The molecule has 3 atom stereocenters. The van der Waals surface area contributed by atoms with E-state index in [2.05, 4.69) is 18.4 Å². The molecule has 98 valence electrons. The summed E-state index contributed by atoms with van der Waals surface area (Å²) in [5.74, 6) is 5.19. The van der Waals surface area contributed by atoms with Gasteiger partial charge in [0.2, 0.25) is 0 Å². The van der Waals surface area contributed by atoms with Crippen LogP contribution >= 0.6 is 0 Å². The first-order valence-corrected chi connectivity index (χ1v) is 6.16. The summed E-state index contributed by atoms with van der Waals surface area (Å²) in [5, 5.41) is 19.6. The zero-order valence-electron chi connectivity index (χ0n) is 10.9. The summed E-state index contributed by atoms with van der Waals surface area (Å²) >= 11 is 0. The summed E-state index contributed by atoms with van der Waals surface area (Å²) < 4.78 is 0. The minimum Gasteiger partial charge on any atom is -0.392 e. The van der Waals surface area contributed by atoms with Crippen molar-refractivity contribution in [1.82, 2.24) is 0 Å². The summed E-state index contributed by atoms with van der Waals surface area (Å²) in [6.07, 6.45) is 4.01. The van der Waals surface area contributed by atoms with Crippen LogP contribution in [-0.4, -0.2) is 27.7 Å². The lowest BCUT2D eigenvalue weighted by Crippen LogP contribution is -2.20. The lowest BCUT2D eigenvalue weighted by atomic mass is 9.97. The molecule has 0 aliphatic heterocycles. The van der Waals surface area contributed by atoms with Gasteiger partial charge in [-0.05, 0) is 12.5 Å². The van der Waals surface area contributed by atoms with E-state index in [4.69, 9.17) is 0 Å². The molecule has 3 nitrogen and oxygen atoms in total. The Hall–Kier alpha value is -1.37. The van der Waals surface area contributed by atoms with Crippen molar-refractivity contribution in [3.05, 3.63) is 24.3 Å². The number of hydrogen-bond donors (Lipinski definition) is 2. The Kier molecular flexibility index (Phi) is 4.89. The molecule has 0 amide bonds. The summed E-state index contributed by atoms with van der Waals surface area (Å²) in [6, 6.07) is 0. The number of Topliss-reactive ketones (excluding diaryl/α,β-unsaturated/α-hetero) is 1. The average molecular weight is 248 g/mol. The minimum absolute atomic E-state index is 0.0883. The van der Waals surface area contributed by atoms with Crippen molar-refractivity contribution in [2.45, 2.75) is 44.8 Å². The maximum atomic E-state index is 11.3. The van der Waals surface area contributed by atoms with E-state index in [1.54, 1.807) is 19.1 Å². The third-order valence-electron chi connectivity index (χ3n) is 2.96. The van der Waals surface area contributed by atoms with E-state index in [9.17, 15) is 15.0 Å². The first-order chi connectivity index (χ1) is 8.37. The van der Waals surface area contributed by atoms with Gasteiger partial charge in [-0.2, -0.15) is 0 Å². The molecule has 0 aromatic rings. The molecule has 0 radical (unpaired) electrons. The number of ketones is 1. The van der Waals surface area contributed by atoms with Gasteiger partial charge in [-0.15, -0.1) is 5.92 Å². The predicted molar refractivity (Wildman–Crippen MR) is 70.7 cm³/mol. The smallest absolute Gasteiger partial charge is 0.161 e. The molecule has 18 heavy (non-hydrogen) atoms. The van der Waals surface area contributed by atoms with Crippen LogP contribution in [0.1, 0.15) is 33.1 Å². The van der Waals surface area contributed by atoms with Crippen molar-refractivity contribution >= 4 is 5.78 Å². The van der Waals surface area contributed by atoms with E-state index < -0.39 is 11.7 Å². The Labute approximate surface area is 108 Å². The fraction of sp³-hybridized carbons (Fsp3) is 0.533. The molecule has 2 N–H and O–H groups in total. The summed E-state index contributed by atoms with van der Waals surface area (Å²) in [7, 11) is 0. The van der Waals surface area contributed by atoms with Gasteiger partial charge in [0.05, 0.1) is 6.10 Å².